The molecule has 0 aliphatic carbocycles. The van der Waals surface area contributed by atoms with Gasteiger partial charge in [-0.05, 0) is 23.6 Å². The number of anilines is 1. The first-order valence-corrected chi connectivity index (χ1v) is 8.47. The number of carbonyl (C=O) groups excluding carboxylic acids is 1. The van der Waals surface area contributed by atoms with Crippen LogP contribution in [0, 0.1) is 0 Å². The maximum absolute atomic E-state index is 11.7. The highest BCUT2D eigenvalue weighted by Gasteiger charge is 2.20. The molecule has 5 heteroatoms. The van der Waals surface area contributed by atoms with E-state index in [2.05, 4.69) is 51.3 Å². The van der Waals surface area contributed by atoms with Gasteiger partial charge < -0.3 is 10.2 Å². The van der Waals surface area contributed by atoms with Gasteiger partial charge in [0.1, 0.15) is 0 Å². The molecule has 0 unspecified atom stereocenters. The summed E-state index contributed by atoms with van der Waals surface area (Å²) in [5.74, 6) is 0.0771. The van der Waals surface area contributed by atoms with Crippen molar-refractivity contribution in [2.75, 3.05) is 44.2 Å². The predicted octanol–water partition coefficient (Wildman–Crippen LogP) is 2.33. The van der Waals surface area contributed by atoms with Crippen molar-refractivity contribution in [3.05, 3.63) is 42.3 Å². The van der Waals surface area contributed by atoms with Crippen LogP contribution >= 0.6 is 11.3 Å². The molecule has 0 radical (unpaired) electrons. The van der Waals surface area contributed by atoms with Crippen LogP contribution in [0.15, 0.2) is 42.3 Å². The Labute approximate surface area is 135 Å². The number of rotatable bonds is 5. The Morgan fingerprint density at radius 3 is 2.86 bits per heavy atom. The summed E-state index contributed by atoms with van der Waals surface area (Å²) in [5, 5.41) is 6.32. The van der Waals surface area contributed by atoms with Crippen LogP contribution in [0.1, 0.15) is 0 Å². The molecule has 1 aromatic carbocycles. The lowest BCUT2D eigenvalue weighted by Gasteiger charge is -2.36. The lowest BCUT2D eigenvalue weighted by atomic mass is 10.2. The largest absolute Gasteiger partial charge is 0.368 e. The zero-order valence-electron chi connectivity index (χ0n) is 12.6. The summed E-state index contributed by atoms with van der Waals surface area (Å²) in [4.78, 5) is 16.4. The predicted molar refractivity (Wildman–Crippen MR) is 93.7 cm³/mol. The fraction of sp³-hybridized carbons (Fsp3) is 0.353. The second-order valence-electron chi connectivity index (χ2n) is 5.47. The molecule has 0 bridgehead atoms. The van der Waals surface area contributed by atoms with Gasteiger partial charge in [-0.15, -0.1) is 17.9 Å². The first kappa shape index (κ1) is 15.1. The van der Waals surface area contributed by atoms with Crippen LogP contribution in [0.25, 0.3) is 10.1 Å². The van der Waals surface area contributed by atoms with Crippen molar-refractivity contribution in [3.8, 4) is 0 Å². The molecule has 1 aliphatic heterocycles. The Hall–Kier alpha value is -1.85. The molecule has 2 aromatic rings. The smallest absolute Gasteiger partial charge is 0.234 e. The molecule has 22 heavy (non-hydrogen) atoms. The number of piperazine rings is 1. The first-order chi connectivity index (χ1) is 10.8. The summed E-state index contributed by atoms with van der Waals surface area (Å²) in [6.45, 7) is 8.39. The summed E-state index contributed by atoms with van der Waals surface area (Å²) in [6, 6.07) is 8.69. The van der Waals surface area contributed by atoms with Crippen LogP contribution in [0.4, 0.5) is 5.69 Å². The third-order valence-corrected chi connectivity index (χ3v) is 4.88. The van der Waals surface area contributed by atoms with Crippen molar-refractivity contribution < 1.29 is 4.79 Å². The van der Waals surface area contributed by atoms with E-state index in [4.69, 9.17) is 0 Å². The van der Waals surface area contributed by atoms with Crippen molar-refractivity contribution in [2.45, 2.75) is 0 Å². The Bertz CT molecular complexity index is 659. The van der Waals surface area contributed by atoms with Gasteiger partial charge in [0.2, 0.25) is 5.91 Å². The minimum atomic E-state index is 0.0771. The third kappa shape index (κ3) is 3.31. The van der Waals surface area contributed by atoms with Gasteiger partial charge in [-0.3, -0.25) is 9.69 Å². The Balaban J connectivity index is 1.59. The SMILES string of the molecule is C=CCNC(=O)CN1CCN(c2cccc3sccc23)CC1. The number of amides is 1. The van der Waals surface area contributed by atoms with Gasteiger partial charge in [-0.25, -0.2) is 0 Å². The molecule has 1 N–H and O–H groups in total. The number of thiophene rings is 1. The van der Waals surface area contributed by atoms with Crippen LogP contribution < -0.4 is 10.2 Å². The van der Waals surface area contributed by atoms with E-state index in [1.165, 1.54) is 15.8 Å². The van der Waals surface area contributed by atoms with Gasteiger partial charge in [-0.2, -0.15) is 0 Å². The van der Waals surface area contributed by atoms with Gasteiger partial charge in [0.15, 0.2) is 0 Å². The van der Waals surface area contributed by atoms with E-state index in [-0.39, 0.29) is 5.91 Å². The molecule has 0 atom stereocenters. The zero-order chi connectivity index (χ0) is 15.4. The van der Waals surface area contributed by atoms with E-state index in [0.29, 0.717) is 13.1 Å². The molecule has 4 nitrogen and oxygen atoms in total. The third-order valence-electron chi connectivity index (χ3n) is 4.00. The summed E-state index contributed by atoms with van der Waals surface area (Å²) in [7, 11) is 0. The number of nitrogens with zero attached hydrogens (tertiary/aromatic N) is 2. The van der Waals surface area contributed by atoms with Crippen molar-refractivity contribution in [3.63, 3.8) is 0 Å². The number of carbonyl (C=O) groups is 1. The van der Waals surface area contributed by atoms with Crippen LogP contribution in [0.3, 0.4) is 0 Å². The molecule has 1 fully saturated rings. The molecule has 0 saturated carbocycles. The molecular formula is C17H21N3OS. The van der Waals surface area contributed by atoms with Gasteiger partial charge in [0.05, 0.1) is 6.54 Å². The summed E-state index contributed by atoms with van der Waals surface area (Å²) in [6.07, 6.45) is 1.71. The second-order valence-corrected chi connectivity index (χ2v) is 6.41. The standard InChI is InChI=1S/C17H21N3OS/c1-2-7-18-17(21)13-19-8-10-20(11-9-19)15-4-3-5-16-14(15)6-12-22-16/h2-6,12H,1,7-11,13H2,(H,18,21). The van der Waals surface area contributed by atoms with Crippen molar-refractivity contribution in [1.82, 2.24) is 10.2 Å². The highest BCUT2D eigenvalue weighted by Crippen LogP contribution is 2.30. The van der Waals surface area contributed by atoms with Crippen LogP contribution in [-0.4, -0.2) is 50.1 Å². The molecule has 2 heterocycles. The fourth-order valence-corrected chi connectivity index (χ4v) is 3.65. The number of benzene rings is 1. The number of hydrogen-bond donors (Lipinski definition) is 1. The van der Waals surface area contributed by atoms with Gasteiger partial charge in [-0.1, -0.05) is 12.1 Å². The van der Waals surface area contributed by atoms with E-state index in [0.717, 1.165) is 26.2 Å². The number of hydrogen-bond acceptors (Lipinski definition) is 4. The summed E-state index contributed by atoms with van der Waals surface area (Å²) < 4.78 is 1.34. The normalized spacial score (nSPS) is 15.9. The van der Waals surface area contributed by atoms with E-state index in [9.17, 15) is 4.79 Å². The molecular weight excluding hydrogens is 294 g/mol. The van der Waals surface area contributed by atoms with E-state index < -0.39 is 0 Å². The Morgan fingerprint density at radius 1 is 1.27 bits per heavy atom. The molecule has 1 saturated heterocycles. The van der Waals surface area contributed by atoms with Gasteiger partial charge in [0.25, 0.3) is 0 Å². The van der Waals surface area contributed by atoms with Crippen LogP contribution in [-0.2, 0) is 4.79 Å². The molecule has 1 amide bonds. The zero-order valence-corrected chi connectivity index (χ0v) is 13.4. The minimum Gasteiger partial charge on any atom is -0.368 e. The van der Waals surface area contributed by atoms with Gasteiger partial charge >= 0.3 is 0 Å². The van der Waals surface area contributed by atoms with E-state index in [1.54, 1.807) is 17.4 Å². The molecule has 116 valence electrons. The highest BCUT2D eigenvalue weighted by molar-refractivity contribution is 7.17. The molecule has 1 aliphatic rings. The Morgan fingerprint density at radius 2 is 2.09 bits per heavy atom. The van der Waals surface area contributed by atoms with Crippen molar-refractivity contribution in [2.24, 2.45) is 0 Å². The lowest BCUT2D eigenvalue weighted by molar-refractivity contribution is -0.122. The second kappa shape index (κ2) is 6.94. The average Bonchev–Trinajstić information content (AvgIpc) is 3.02. The van der Waals surface area contributed by atoms with Gasteiger partial charge in [0, 0.05) is 48.5 Å². The quantitative estimate of drug-likeness (QED) is 0.860. The van der Waals surface area contributed by atoms with Crippen molar-refractivity contribution in [1.29, 1.82) is 0 Å². The highest BCUT2D eigenvalue weighted by atomic mass is 32.1. The lowest BCUT2D eigenvalue weighted by Crippen LogP contribution is -2.49. The maximum atomic E-state index is 11.7. The number of nitrogens with one attached hydrogen (secondary N) is 1. The van der Waals surface area contributed by atoms with Crippen LogP contribution in [0.5, 0.6) is 0 Å². The molecule has 1 aromatic heterocycles. The minimum absolute atomic E-state index is 0.0771. The summed E-state index contributed by atoms with van der Waals surface area (Å²) in [5.41, 5.74) is 1.31. The molecule has 0 spiro atoms. The number of fused-ring (bicyclic) bond motifs is 1. The average molecular weight is 315 g/mol. The fourth-order valence-electron chi connectivity index (χ4n) is 2.85. The van der Waals surface area contributed by atoms with E-state index in [1.807, 2.05) is 0 Å². The molecule has 3 rings (SSSR count). The summed E-state index contributed by atoms with van der Waals surface area (Å²) >= 11 is 1.78. The van der Waals surface area contributed by atoms with Crippen molar-refractivity contribution >= 4 is 33.0 Å². The first-order valence-electron chi connectivity index (χ1n) is 7.59. The maximum Gasteiger partial charge on any atom is 0.234 e. The van der Waals surface area contributed by atoms with E-state index >= 15 is 0 Å². The van der Waals surface area contributed by atoms with Crippen LogP contribution in [0.2, 0.25) is 0 Å². The Kier molecular flexibility index (Phi) is 4.75. The topological polar surface area (TPSA) is 35.6 Å². The monoisotopic (exact) mass is 315 g/mol.